The van der Waals surface area contributed by atoms with Crippen LogP contribution >= 0.6 is 11.8 Å². The summed E-state index contributed by atoms with van der Waals surface area (Å²) in [5.74, 6) is -0.0209. The van der Waals surface area contributed by atoms with Crippen LogP contribution in [0.2, 0.25) is 0 Å². The van der Waals surface area contributed by atoms with E-state index in [1.807, 2.05) is 24.3 Å². The van der Waals surface area contributed by atoms with Crippen LogP contribution in [0.1, 0.15) is 31.8 Å². The minimum atomic E-state index is -0.248. The first-order chi connectivity index (χ1) is 13.1. The van der Waals surface area contributed by atoms with E-state index in [2.05, 4.69) is 0 Å². The number of amides is 2. The fourth-order valence-corrected chi connectivity index (χ4v) is 3.92. The van der Waals surface area contributed by atoms with E-state index in [9.17, 15) is 14.0 Å². The molecule has 0 saturated carbocycles. The standard InChI is InChI=1S/C22H16FNO2S/c23-17-8-10-18(11-9-17)27-14-16-5-3-4-15(12-16)13-24-21(25)19-6-1-2-7-20(19)22(24)26/h1-12H,13-14H2. The summed E-state index contributed by atoms with van der Waals surface area (Å²) >= 11 is 1.61. The van der Waals surface area contributed by atoms with Gasteiger partial charge in [0.05, 0.1) is 17.7 Å². The number of rotatable bonds is 5. The fourth-order valence-electron chi connectivity index (χ4n) is 3.08. The zero-order valence-electron chi connectivity index (χ0n) is 14.4. The molecule has 0 bridgehead atoms. The molecule has 27 heavy (non-hydrogen) atoms. The number of hydrogen-bond donors (Lipinski definition) is 0. The van der Waals surface area contributed by atoms with Gasteiger partial charge in [-0.1, -0.05) is 36.4 Å². The monoisotopic (exact) mass is 377 g/mol. The predicted octanol–water partition coefficient (Wildman–Crippen LogP) is 4.91. The molecule has 1 aliphatic heterocycles. The summed E-state index contributed by atoms with van der Waals surface area (Å²) in [5, 5.41) is 0. The molecule has 0 spiro atoms. The summed E-state index contributed by atoms with van der Waals surface area (Å²) < 4.78 is 13.0. The topological polar surface area (TPSA) is 37.4 Å². The first-order valence-corrected chi connectivity index (χ1v) is 9.52. The lowest BCUT2D eigenvalue weighted by atomic mass is 10.1. The average molecular weight is 377 g/mol. The Labute approximate surface area is 160 Å². The van der Waals surface area contributed by atoms with Gasteiger partial charge in [0, 0.05) is 10.6 Å². The maximum atomic E-state index is 13.0. The molecule has 0 saturated heterocycles. The molecule has 0 N–H and O–H groups in total. The molecule has 2 amide bonds. The summed E-state index contributed by atoms with van der Waals surface area (Å²) in [4.78, 5) is 27.3. The van der Waals surface area contributed by atoms with Gasteiger partial charge in [-0.2, -0.15) is 0 Å². The van der Waals surface area contributed by atoms with Crippen LogP contribution < -0.4 is 0 Å². The van der Waals surface area contributed by atoms with Crippen molar-refractivity contribution in [3.63, 3.8) is 0 Å². The third kappa shape index (κ3) is 3.64. The number of hydrogen-bond acceptors (Lipinski definition) is 3. The quantitative estimate of drug-likeness (QED) is 0.468. The van der Waals surface area contributed by atoms with Crippen molar-refractivity contribution < 1.29 is 14.0 Å². The lowest BCUT2D eigenvalue weighted by molar-refractivity contribution is 0.0642. The molecule has 0 aromatic heterocycles. The van der Waals surface area contributed by atoms with Crippen LogP contribution in [-0.4, -0.2) is 16.7 Å². The largest absolute Gasteiger partial charge is 0.270 e. The Morgan fingerprint density at radius 1 is 0.778 bits per heavy atom. The van der Waals surface area contributed by atoms with Gasteiger partial charge in [-0.15, -0.1) is 11.8 Å². The third-order valence-electron chi connectivity index (χ3n) is 4.43. The average Bonchev–Trinajstić information content (AvgIpc) is 2.93. The van der Waals surface area contributed by atoms with Crippen molar-refractivity contribution in [2.45, 2.75) is 17.2 Å². The number of nitrogens with zero attached hydrogens (tertiary/aromatic N) is 1. The van der Waals surface area contributed by atoms with E-state index in [0.717, 1.165) is 21.8 Å². The lowest BCUT2D eigenvalue weighted by Crippen LogP contribution is -2.29. The van der Waals surface area contributed by atoms with Gasteiger partial charge in [0.25, 0.3) is 11.8 Å². The van der Waals surface area contributed by atoms with Crippen LogP contribution in [0.4, 0.5) is 4.39 Å². The highest BCUT2D eigenvalue weighted by Gasteiger charge is 2.34. The van der Waals surface area contributed by atoms with E-state index in [0.29, 0.717) is 11.1 Å². The molecule has 0 unspecified atom stereocenters. The number of carbonyl (C=O) groups excluding carboxylic acids is 2. The predicted molar refractivity (Wildman–Crippen MR) is 103 cm³/mol. The minimum Gasteiger partial charge on any atom is -0.270 e. The van der Waals surface area contributed by atoms with Crippen molar-refractivity contribution in [3.05, 3.63) is 101 Å². The molecule has 3 nitrogen and oxygen atoms in total. The van der Waals surface area contributed by atoms with Crippen molar-refractivity contribution in [2.24, 2.45) is 0 Å². The summed E-state index contributed by atoms with van der Waals surface area (Å²) in [6.45, 7) is 0.251. The Balaban J connectivity index is 1.46. The number of halogens is 1. The van der Waals surface area contributed by atoms with Gasteiger partial charge in [0.15, 0.2) is 0 Å². The molecule has 3 aromatic rings. The van der Waals surface area contributed by atoms with Crippen LogP contribution in [0.5, 0.6) is 0 Å². The molecule has 5 heteroatoms. The van der Waals surface area contributed by atoms with Crippen molar-refractivity contribution in [1.29, 1.82) is 0 Å². The van der Waals surface area contributed by atoms with E-state index in [1.54, 1.807) is 48.2 Å². The van der Waals surface area contributed by atoms with Gasteiger partial charge < -0.3 is 0 Å². The number of fused-ring (bicyclic) bond motifs is 1. The molecular weight excluding hydrogens is 361 g/mol. The molecule has 1 heterocycles. The van der Waals surface area contributed by atoms with Crippen LogP contribution in [0.3, 0.4) is 0 Å². The van der Waals surface area contributed by atoms with E-state index in [4.69, 9.17) is 0 Å². The molecule has 1 aliphatic rings. The van der Waals surface area contributed by atoms with Crippen molar-refractivity contribution in [2.75, 3.05) is 0 Å². The smallest absolute Gasteiger partial charge is 0.261 e. The normalized spacial score (nSPS) is 13.1. The lowest BCUT2D eigenvalue weighted by Gasteiger charge is -2.14. The Morgan fingerprint density at radius 2 is 1.41 bits per heavy atom. The van der Waals surface area contributed by atoms with Gasteiger partial charge in [0.2, 0.25) is 0 Å². The van der Waals surface area contributed by atoms with E-state index < -0.39 is 0 Å². The molecule has 0 atom stereocenters. The SMILES string of the molecule is O=C1c2ccccc2C(=O)N1Cc1cccc(CSc2ccc(F)cc2)c1. The third-order valence-corrected chi connectivity index (χ3v) is 5.51. The second kappa shape index (κ2) is 7.37. The van der Waals surface area contributed by atoms with E-state index in [1.165, 1.54) is 17.0 Å². The molecule has 3 aromatic carbocycles. The highest BCUT2D eigenvalue weighted by molar-refractivity contribution is 7.98. The summed E-state index contributed by atoms with van der Waals surface area (Å²) in [6.07, 6.45) is 0. The van der Waals surface area contributed by atoms with Crippen molar-refractivity contribution in [3.8, 4) is 0 Å². The molecular formula is C22H16FNO2S. The second-order valence-electron chi connectivity index (χ2n) is 6.30. The van der Waals surface area contributed by atoms with Gasteiger partial charge in [-0.3, -0.25) is 14.5 Å². The highest BCUT2D eigenvalue weighted by Crippen LogP contribution is 2.26. The zero-order valence-corrected chi connectivity index (χ0v) is 15.2. The molecule has 0 aliphatic carbocycles. The van der Waals surface area contributed by atoms with E-state index >= 15 is 0 Å². The van der Waals surface area contributed by atoms with Gasteiger partial charge in [-0.25, -0.2) is 4.39 Å². The first kappa shape index (κ1) is 17.5. The first-order valence-electron chi connectivity index (χ1n) is 8.53. The fraction of sp³-hybridized carbons (Fsp3) is 0.0909. The Hall–Kier alpha value is -2.92. The van der Waals surface area contributed by atoms with E-state index in [-0.39, 0.29) is 24.2 Å². The molecule has 0 radical (unpaired) electrons. The summed E-state index contributed by atoms with van der Waals surface area (Å²) in [6, 6.07) is 21.1. The zero-order chi connectivity index (χ0) is 18.8. The number of carbonyl (C=O) groups is 2. The second-order valence-corrected chi connectivity index (χ2v) is 7.35. The van der Waals surface area contributed by atoms with Crippen LogP contribution in [0, 0.1) is 5.82 Å². The Bertz CT molecular complexity index is 982. The van der Waals surface area contributed by atoms with Crippen molar-refractivity contribution in [1.82, 2.24) is 4.90 Å². The van der Waals surface area contributed by atoms with Crippen LogP contribution in [0.25, 0.3) is 0 Å². The Morgan fingerprint density at radius 3 is 2.07 bits per heavy atom. The minimum absolute atomic E-state index is 0.248. The van der Waals surface area contributed by atoms with Crippen molar-refractivity contribution >= 4 is 23.6 Å². The molecule has 0 fully saturated rings. The number of thioether (sulfide) groups is 1. The molecule has 4 rings (SSSR count). The van der Waals surface area contributed by atoms with Gasteiger partial charge in [0.1, 0.15) is 5.82 Å². The summed E-state index contributed by atoms with van der Waals surface area (Å²) in [7, 11) is 0. The van der Waals surface area contributed by atoms with Gasteiger partial charge in [-0.05, 0) is 47.5 Å². The van der Waals surface area contributed by atoms with Crippen LogP contribution in [-0.2, 0) is 12.3 Å². The number of benzene rings is 3. The van der Waals surface area contributed by atoms with Crippen LogP contribution in [0.15, 0.2) is 77.7 Å². The maximum absolute atomic E-state index is 13.0. The van der Waals surface area contributed by atoms with Gasteiger partial charge >= 0.3 is 0 Å². The number of imide groups is 1. The maximum Gasteiger partial charge on any atom is 0.261 e. The highest BCUT2D eigenvalue weighted by atomic mass is 32.2. The molecule has 134 valence electrons. The Kier molecular flexibility index (Phi) is 4.77. The summed E-state index contributed by atoms with van der Waals surface area (Å²) in [5.41, 5.74) is 2.91.